The summed E-state index contributed by atoms with van der Waals surface area (Å²) in [5.74, 6) is -1.29. The number of carbonyl (C=O) groups is 1. The number of hydrogen-bond acceptors (Lipinski definition) is 1. The first-order valence-corrected chi connectivity index (χ1v) is 1.58. The van der Waals surface area contributed by atoms with Crippen molar-refractivity contribution < 1.29 is 9.90 Å². The van der Waals surface area contributed by atoms with Gasteiger partial charge in [0.25, 0.3) is 0 Å². The van der Waals surface area contributed by atoms with Gasteiger partial charge in [0.15, 0.2) is 0 Å². The lowest BCUT2D eigenvalue weighted by molar-refractivity contribution is -0.134. The third kappa shape index (κ3) is 9.25. The highest BCUT2D eigenvalue weighted by Gasteiger charge is 1.83. The minimum Gasteiger partial charge on any atom is -0.480 e. The van der Waals surface area contributed by atoms with Crippen molar-refractivity contribution in [3.05, 3.63) is 0 Å². The van der Waals surface area contributed by atoms with E-state index >= 15 is 0 Å². The van der Waals surface area contributed by atoms with Gasteiger partial charge in [-0.3, -0.25) is 4.79 Å². The summed E-state index contributed by atoms with van der Waals surface area (Å²) in [4.78, 5) is 9.24. The Hall–Kier alpha value is -0.240. The summed E-state index contributed by atoms with van der Waals surface area (Å²) >= 11 is 4.74. The monoisotopic (exact) mass is 110 g/mol. The Balaban J connectivity index is 0. The van der Waals surface area contributed by atoms with E-state index in [1.807, 2.05) is 0 Å². The molecular weight excluding hydrogens is 103 g/mol. The molecule has 0 aliphatic rings. The van der Waals surface area contributed by atoms with Gasteiger partial charge in [-0.2, -0.15) is 0 Å². The molecule has 0 aromatic rings. The maximum absolute atomic E-state index is 9.24. The zero-order valence-corrected chi connectivity index (χ0v) is 3.20. The largest absolute Gasteiger partial charge is 0.480 e. The van der Waals surface area contributed by atoms with Gasteiger partial charge in [0.05, 0.1) is 0 Å². The van der Waals surface area contributed by atoms with Crippen LogP contribution in [-0.4, -0.2) is 17.0 Å². The van der Waals surface area contributed by atoms with Gasteiger partial charge in [-0.25, -0.2) is 0 Å². The summed E-state index contributed by atoms with van der Waals surface area (Å²) in [5.41, 5.74) is 0. The number of carboxylic acid groups (broad SMARTS) is 1. The fraction of sp³-hybridized carbons (Fsp3) is 0.667. The highest BCUT2D eigenvalue weighted by Crippen LogP contribution is 1.67. The maximum atomic E-state index is 9.24. The fourth-order valence-corrected chi connectivity index (χ4v) is 0. The van der Waals surface area contributed by atoms with Gasteiger partial charge in [-0.05, 0) is 0 Å². The van der Waals surface area contributed by atoms with Crippen LogP contribution in [0.2, 0.25) is 0 Å². The van der Waals surface area contributed by atoms with E-state index in [9.17, 15) is 4.79 Å². The highest BCUT2D eigenvalue weighted by molar-refractivity contribution is 6.26. The Morgan fingerprint density at radius 3 is 2.00 bits per heavy atom. The zero-order chi connectivity index (χ0) is 4.28. The number of alkyl halides is 1. The van der Waals surface area contributed by atoms with Crippen LogP contribution in [0.4, 0.5) is 0 Å². The smallest absolute Gasteiger partial charge is 0.318 e. The molecule has 0 aliphatic heterocycles. The van der Waals surface area contributed by atoms with Crippen LogP contribution in [0.5, 0.6) is 0 Å². The standard InChI is InChI=1S/C2H3ClO2.CH4/c3-1-2(4)5;/h1H2,(H,4,5);1H4. The van der Waals surface area contributed by atoms with Gasteiger partial charge in [-0.15, -0.1) is 11.6 Å². The summed E-state index contributed by atoms with van der Waals surface area (Å²) in [6.45, 7) is 0. The Morgan fingerprint density at radius 1 is 1.83 bits per heavy atom. The van der Waals surface area contributed by atoms with Crippen LogP contribution < -0.4 is 0 Å². The quantitative estimate of drug-likeness (QED) is 0.511. The van der Waals surface area contributed by atoms with E-state index in [0.29, 0.717) is 0 Å². The molecule has 0 radical (unpaired) electrons. The molecule has 3 heteroatoms. The SMILES string of the molecule is C.O=C(O)CCl. The first-order valence-electron chi connectivity index (χ1n) is 1.05. The second-order valence-corrected chi connectivity index (χ2v) is 0.795. The van der Waals surface area contributed by atoms with E-state index in [1.54, 1.807) is 0 Å². The lowest BCUT2D eigenvalue weighted by Crippen LogP contribution is -1.92. The van der Waals surface area contributed by atoms with Crippen molar-refractivity contribution in [2.24, 2.45) is 0 Å². The Morgan fingerprint density at radius 2 is 2.00 bits per heavy atom. The van der Waals surface area contributed by atoms with Crippen LogP contribution in [0.15, 0.2) is 0 Å². The average molecular weight is 111 g/mol. The highest BCUT2D eigenvalue weighted by atomic mass is 35.5. The topological polar surface area (TPSA) is 37.3 Å². The second kappa shape index (κ2) is 4.76. The molecule has 38 valence electrons. The lowest BCUT2D eigenvalue weighted by atomic mass is 10.8. The minimum absolute atomic E-state index is 0. The lowest BCUT2D eigenvalue weighted by Gasteiger charge is -1.69. The summed E-state index contributed by atoms with van der Waals surface area (Å²) in [5, 5.41) is 7.59. The van der Waals surface area contributed by atoms with Crippen molar-refractivity contribution in [3.63, 3.8) is 0 Å². The van der Waals surface area contributed by atoms with Gasteiger partial charge in [-0.1, -0.05) is 7.43 Å². The van der Waals surface area contributed by atoms with Crippen LogP contribution in [0.1, 0.15) is 7.43 Å². The third-order valence-electron chi connectivity index (χ3n) is 0.114. The zero-order valence-electron chi connectivity index (χ0n) is 2.44. The molecule has 2 nitrogen and oxygen atoms in total. The Kier molecular flexibility index (Phi) is 7.32. The minimum atomic E-state index is -0.980. The molecule has 0 heterocycles. The summed E-state index contributed by atoms with van der Waals surface area (Å²) in [6, 6.07) is 0. The normalized spacial score (nSPS) is 6.17. The predicted molar refractivity (Wildman–Crippen MR) is 25.1 cm³/mol. The van der Waals surface area contributed by atoms with E-state index < -0.39 is 5.97 Å². The van der Waals surface area contributed by atoms with Crippen LogP contribution >= 0.6 is 11.6 Å². The molecule has 0 aromatic carbocycles. The van der Waals surface area contributed by atoms with E-state index in [1.165, 1.54) is 0 Å². The number of halogens is 1. The molecule has 0 unspecified atom stereocenters. The molecule has 0 saturated carbocycles. The van der Waals surface area contributed by atoms with Crippen LogP contribution in [0.3, 0.4) is 0 Å². The van der Waals surface area contributed by atoms with E-state index in [-0.39, 0.29) is 13.3 Å². The maximum Gasteiger partial charge on any atom is 0.318 e. The first kappa shape index (κ1) is 9.23. The summed E-state index contributed by atoms with van der Waals surface area (Å²) in [6.07, 6.45) is 0. The molecule has 0 saturated heterocycles. The van der Waals surface area contributed by atoms with Gasteiger partial charge in [0.2, 0.25) is 0 Å². The summed E-state index contributed by atoms with van der Waals surface area (Å²) < 4.78 is 0. The molecule has 0 bridgehead atoms. The Bertz CT molecular complexity index is 44.1. The molecule has 0 spiro atoms. The van der Waals surface area contributed by atoms with Crippen molar-refractivity contribution in [1.82, 2.24) is 0 Å². The molecular formula is C3H7ClO2. The van der Waals surface area contributed by atoms with Crippen LogP contribution in [0.25, 0.3) is 0 Å². The average Bonchev–Trinajstić information content (AvgIpc) is 1.38. The van der Waals surface area contributed by atoms with Crippen LogP contribution in [-0.2, 0) is 4.79 Å². The van der Waals surface area contributed by atoms with Crippen LogP contribution in [0, 0.1) is 0 Å². The van der Waals surface area contributed by atoms with Crippen molar-refractivity contribution in [1.29, 1.82) is 0 Å². The molecule has 0 aliphatic carbocycles. The van der Waals surface area contributed by atoms with E-state index in [4.69, 9.17) is 16.7 Å². The molecule has 6 heavy (non-hydrogen) atoms. The fourth-order valence-electron chi connectivity index (χ4n) is 0. The Labute approximate surface area is 41.7 Å². The van der Waals surface area contributed by atoms with Gasteiger partial charge in [0.1, 0.15) is 5.88 Å². The third-order valence-corrected chi connectivity index (χ3v) is 0.343. The number of carboxylic acids is 1. The van der Waals surface area contributed by atoms with Gasteiger partial charge < -0.3 is 5.11 Å². The molecule has 0 aromatic heterocycles. The van der Waals surface area contributed by atoms with Gasteiger partial charge >= 0.3 is 5.97 Å². The van der Waals surface area contributed by atoms with Crippen molar-refractivity contribution >= 4 is 17.6 Å². The first-order chi connectivity index (χ1) is 2.27. The van der Waals surface area contributed by atoms with Crippen molar-refractivity contribution in [2.75, 3.05) is 5.88 Å². The summed E-state index contributed by atoms with van der Waals surface area (Å²) in [7, 11) is 0. The predicted octanol–water partition coefficient (Wildman–Crippen LogP) is 0.946. The molecule has 0 fully saturated rings. The van der Waals surface area contributed by atoms with E-state index in [2.05, 4.69) is 0 Å². The van der Waals surface area contributed by atoms with Crippen molar-refractivity contribution in [3.8, 4) is 0 Å². The second-order valence-electron chi connectivity index (χ2n) is 0.527. The number of hydrogen-bond donors (Lipinski definition) is 1. The number of rotatable bonds is 1. The molecule has 0 rings (SSSR count). The van der Waals surface area contributed by atoms with E-state index in [0.717, 1.165) is 0 Å². The molecule has 0 atom stereocenters. The molecule has 1 N–H and O–H groups in total. The number of aliphatic carboxylic acids is 1. The van der Waals surface area contributed by atoms with Gasteiger partial charge in [0, 0.05) is 0 Å². The molecule has 0 amide bonds. The van der Waals surface area contributed by atoms with Crippen molar-refractivity contribution in [2.45, 2.75) is 7.43 Å².